The third kappa shape index (κ3) is 1.79. The van der Waals surface area contributed by atoms with Crippen LogP contribution in [-0.2, 0) is 16.0 Å². The van der Waals surface area contributed by atoms with Gasteiger partial charge in [0, 0.05) is 11.8 Å². The highest BCUT2D eigenvalue weighted by Crippen LogP contribution is 2.53. The van der Waals surface area contributed by atoms with Gasteiger partial charge in [0.1, 0.15) is 0 Å². The second kappa shape index (κ2) is 4.67. The summed E-state index contributed by atoms with van der Waals surface area (Å²) >= 11 is 6.55. The molecule has 1 aromatic carbocycles. The van der Waals surface area contributed by atoms with Crippen LogP contribution in [0, 0.1) is 5.92 Å². The van der Waals surface area contributed by atoms with Crippen LogP contribution in [0.2, 0.25) is 0 Å². The molecule has 2 aliphatic rings. The number of fused-ring (bicyclic) bond motifs is 3. The van der Waals surface area contributed by atoms with Crippen LogP contribution < -0.4 is 0 Å². The van der Waals surface area contributed by atoms with E-state index in [1.165, 1.54) is 22.9 Å². The minimum atomic E-state index is -0.0299. The summed E-state index contributed by atoms with van der Waals surface area (Å²) in [6.07, 6.45) is 0.901. The third-order valence-electron chi connectivity index (χ3n) is 3.74. The number of ether oxygens (including phenoxy) is 1. The van der Waals surface area contributed by atoms with E-state index in [2.05, 4.69) is 12.1 Å². The number of carbonyl (C=O) groups excluding carboxylic acids is 1. The van der Waals surface area contributed by atoms with Gasteiger partial charge < -0.3 is 4.74 Å². The third-order valence-corrected chi connectivity index (χ3v) is 5.24. The molecule has 0 radical (unpaired) electrons. The summed E-state index contributed by atoms with van der Waals surface area (Å²) in [7, 11) is 0. The predicted molar refractivity (Wildman–Crippen MR) is 77.0 cm³/mol. The van der Waals surface area contributed by atoms with Gasteiger partial charge in [-0.1, -0.05) is 36.0 Å². The lowest BCUT2D eigenvalue weighted by Gasteiger charge is -2.38. The van der Waals surface area contributed by atoms with E-state index in [0.29, 0.717) is 22.7 Å². The Morgan fingerprint density at radius 3 is 3.06 bits per heavy atom. The van der Waals surface area contributed by atoms with Crippen LogP contribution in [-0.4, -0.2) is 22.0 Å². The van der Waals surface area contributed by atoms with Crippen LogP contribution in [0.25, 0.3) is 0 Å². The molecular weight excluding hydrogens is 264 g/mol. The van der Waals surface area contributed by atoms with E-state index in [0.717, 1.165) is 6.42 Å². The molecule has 2 aliphatic carbocycles. The number of ketones is 1. The fourth-order valence-corrected chi connectivity index (χ4v) is 4.53. The van der Waals surface area contributed by atoms with Crippen LogP contribution in [0.4, 0.5) is 0 Å². The predicted octanol–water partition coefficient (Wildman–Crippen LogP) is 2.95. The van der Waals surface area contributed by atoms with Crippen molar-refractivity contribution >= 4 is 34.1 Å². The molecule has 2 nitrogen and oxygen atoms in total. The first-order valence-corrected chi connectivity index (χ1v) is 7.46. The van der Waals surface area contributed by atoms with Crippen LogP contribution in [0.5, 0.6) is 0 Å². The molecule has 1 saturated carbocycles. The SMILES string of the molecule is CCOC(=S)SC1C(=O)C2Cc3ccccc3C21. The molecular formula is C14H14O2S2. The first-order valence-electron chi connectivity index (χ1n) is 6.17. The Labute approximate surface area is 116 Å². The largest absolute Gasteiger partial charge is 0.479 e. The summed E-state index contributed by atoms with van der Waals surface area (Å²) in [5.74, 6) is 0.865. The van der Waals surface area contributed by atoms with Gasteiger partial charge in [-0.2, -0.15) is 0 Å². The highest BCUT2D eigenvalue weighted by Gasteiger charge is 2.54. The quantitative estimate of drug-likeness (QED) is 0.777. The summed E-state index contributed by atoms with van der Waals surface area (Å²) in [6.45, 7) is 2.47. The molecule has 0 aromatic heterocycles. The van der Waals surface area contributed by atoms with Gasteiger partial charge in [0.25, 0.3) is 0 Å². The van der Waals surface area contributed by atoms with Gasteiger partial charge in [-0.3, -0.25) is 4.79 Å². The zero-order valence-electron chi connectivity index (χ0n) is 10.1. The Morgan fingerprint density at radius 1 is 1.50 bits per heavy atom. The van der Waals surface area contributed by atoms with E-state index in [1.54, 1.807) is 0 Å². The molecule has 0 aliphatic heterocycles. The lowest BCUT2D eigenvalue weighted by Crippen LogP contribution is -2.46. The zero-order chi connectivity index (χ0) is 12.7. The van der Waals surface area contributed by atoms with Crippen molar-refractivity contribution in [2.24, 2.45) is 5.92 Å². The average Bonchev–Trinajstić information content (AvgIpc) is 2.72. The summed E-state index contributed by atoms with van der Waals surface area (Å²) < 4.78 is 5.77. The number of rotatable bonds is 2. The maximum absolute atomic E-state index is 12.1. The number of carbonyl (C=O) groups is 1. The Hall–Kier alpha value is -0.870. The molecule has 1 fully saturated rings. The van der Waals surface area contributed by atoms with Crippen molar-refractivity contribution in [3.05, 3.63) is 35.4 Å². The topological polar surface area (TPSA) is 26.3 Å². The number of hydrogen-bond donors (Lipinski definition) is 0. The fraction of sp³-hybridized carbons (Fsp3) is 0.429. The highest BCUT2D eigenvalue weighted by atomic mass is 32.2. The van der Waals surface area contributed by atoms with Crippen molar-refractivity contribution in [3.8, 4) is 0 Å². The molecule has 4 heteroatoms. The van der Waals surface area contributed by atoms with Gasteiger partial charge in [0.15, 0.2) is 5.78 Å². The second-order valence-electron chi connectivity index (χ2n) is 4.66. The Morgan fingerprint density at radius 2 is 2.28 bits per heavy atom. The fourth-order valence-electron chi connectivity index (χ4n) is 2.93. The number of hydrogen-bond acceptors (Lipinski definition) is 4. The van der Waals surface area contributed by atoms with Crippen molar-refractivity contribution in [1.29, 1.82) is 0 Å². The molecule has 0 spiro atoms. The normalized spacial score (nSPS) is 28.3. The maximum Gasteiger partial charge on any atom is 0.220 e. The van der Waals surface area contributed by atoms with E-state index in [9.17, 15) is 4.79 Å². The van der Waals surface area contributed by atoms with Crippen LogP contribution in [0.15, 0.2) is 24.3 Å². The van der Waals surface area contributed by atoms with Crippen LogP contribution in [0.1, 0.15) is 24.0 Å². The number of benzene rings is 1. The van der Waals surface area contributed by atoms with E-state index in [1.807, 2.05) is 19.1 Å². The van der Waals surface area contributed by atoms with Crippen molar-refractivity contribution < 1.29 is 9.53 Å². The second-order valence-corrected chi connectivity index (χ2v) is 6.40. The molecule has 0 N–H and O–H groups in total. The van der Waals surface area contributed by atoms with Crippen molar-refractivity contribution in [2.45, 2.75) is 24.5 Å². The molecule has 18 heavy (non-hydrogen) atoms. The van der Waals surface area contributed by atoms with Crippen molar-refractivity contribution in [1.82, 2.24) is 0 Å². The molecule has 3 atom stereocenters. The lowest BCUT2D eigenvalue weighted by atomic mass is 9.72. The molecule has 1 aromatic rings. The van der Waals surface area contributed by atoms with E-state index >= 15 is 0 Å². The highest BCUT2D eigenvalue weighted by molar-refractivity contribution is 8.23. The smallest absolute Gasteiger partial charge is 0.220 e. The Bertz CT molecular complexity index is 512. The zero-order valence-corrected chi connectivity index (χ0v) is 11.7. The molecule has 3 rings (SSSR count). The van der Waals surface area contributed by atoms with Gasteiger partial charge >= 0.3 is 0 Å². The van der Waals surface area contributed by atoms with Gasteiger partial charge in [-0.15, -0.1) is 0 Å². The summed E-state index contributed by atoms with van der Waals surface area (Å²) in [5.41, 5.74) is 2.66. The number of thiocarbonyl (C=S) groups is 1. The van der Waals surface area contributed by atoms with Gasteiger partial charge in [-0.05, 0) is 36.7 Å². The maximum atomic E-state index is 12.1. The molecule has 0 bridgehead atoms. The number of Topliss-reactive ketones (excluding diaryl/α,β-unsaturated/α-hetero) is 1. The monoisotopic (exact) mass is 278 g/mol. The molecule has 0 saturated heterocycles. The van der Waals surface area contributed by atoms with E-state index in [4.69, 9.17) is 17.0 Å². The minimum absolute atomic E-state index is 0.0299. The van der Waals surface area contributed by atoms with Gasteiger partial charge in [0.2, 0.25) is 4.38 Å². The average molecular weight is 278 g/mol. The summed E-state index contributed by atoms with van der Waals surface area (Å²) in [4.78, 5) is 12.1. The summed E-state index contributed by atoms with van der Waals surface area (Å²) in [5, 5.41) is -0.0299. The Balaban J connectivity index is 1.79. The molecule has 94 valence electrons. The molecule has 3 unspecified atom stereocenters. The molecule has 0 heterocycles. The first kappa shape index (κ1) is 12.2. The van der Waals surface area contributed by atoms with E-state index < -0.39 is 0 Å². The van der Waals surface area contributed by atoms with Crippen molar-refractivity contribution in [3.63, 3.8) is 0 Å². The van der Waals surface area contributed by atoms with Gasteiger partial charge in [-0.25, -0.2) is 0 Å². The first-order chi connectivity index (χ1) is 8.72. The van der Waals surface area contributed by atoms with E-state index in [-0.39, 0.29) is 11.2 Å². The summed E-state index contributed by atoms with van der Waals surface area (Å²) in [6, 6.07) is 8.36. The van der Waals surface area contributed by atoms with Crippen LogP contribution in [0.3, 0.4) is 0 Å². The van der Waals surface area contributed by atoms with Crippen LogP contribution >= 0.6 is 24.0 Å². The standard InChI is InChI=1S/C14H14O2S2/c1-2-16-14(17)18-13-11-9-6-4-3-5-8(9)7-10(11)12(13)15/h3-6,10-11,13H,2,7H2,1H3. The minimum Gasteiger partial charge on any atom is -0.479 e. The van der Waals surface area contributed by atoms with Crippen molar-refractivity contribution in [2.75, 3.05) is 6.61 Å². The lowest BCUT2D eigenvalue weighted by molar-refractivity contribution is -0.129. The molecule has 0 amide bonds. The number of thioether (sulfide) groups is 1. The van der Waals surface area contributed by atoms with Gasteiger partial charge in [0.05, 0.1) is 11.9 Å². The Kier molecular flexibility index (Phi) is 3.16.